The third-order valence-electron chi connectivity index (χ3n) is 5.22. The first-order valence-electron chi connectivity index (χ1n) is 7.99. The van der Waals surface area contributed by atoms with E-state index in [9.17, 15) is 13.2 Å². The molecule has 8 heteroatoms. The Kier molecular flexibility index (Phi) is 4.63. The average Bonchev–Trinajstić information content (AvgIpc) is 2.94. The first-order valence-corrected chi connectivity index (χ1v) is 9.84. The van der Waals surface area contributed by atoms with Gasteiger partial charge >= 0.3 is 0 Å². The monoisotopic (exact) mass is 353 g/mol. The molecule has 0 saturated carbocycles. The number of carbonyl (C=O) groups is 1. The van der Waals surface area contributed by atoms with Crippen molar-refractivity contribution in [2.45, 2.75) is 6.42 Å². The molecule has 24 heavy (non-hydrogen) atoms. The Bertz CT molecular complexity index is 709. The lowest BCUT2D eigenvalue weighted by atomic mass is 9.73. The highest BCUT2D eigenvalue weighted by Crippen LogP contribution is 2.44. The third-order valence-corrected chi connectivity index (χ3v) is 6.43. The lowest BCUT2D eigenvalue weighted by Crippen LogP contribution is -2.50. The standard InChI is InChI=1S/C16H23N3O4S/c1-23-12-16-5-8-18(15(20)13-3-6-17-7-4-13)9-14(16)10-19(11-16)24(2,21)22/h3-4,6-7,14H,5,8-12H2,1-2H3/t14-,16+/m1/s1. The van der Waals surface area contributed by atoms with Crippen LogP contribution in [0.3, 0.4) is 0 Å². The Morgan fingerprint density at radius 1 is 1.38 bits per heavy atom. The van der Waals surface area contributed by atoms with Crippen molar-refractivity contribution in [2.75, 3.05) is 46.2 Å². The van der Waals surface area contributed by atoms with E-state index in [1.807, 2.05) is 4.90 Å². The minimum absolute atomic E-state index is 0.0266. The van der Waals surface area contributed by atoms with Crippen LogP contribution >= 0.6 is 0 Å². The number of hydrogen-bond acceptors (Lipinski definition) is 5. The molecular formula is C16H23N3O4S. The van der Waals surface area contributed by atoms with Crippen LogP contribution in [-0.4, -0.2) is 74.7 Å². The summed E-state index contributed by atoms with van der Waals surface area (Å²) in [6.45, 7) is 2.60. The van der Waals surface area contributed by atoms with E-state index in [4.69, 9.17) is 4.74 Å². The number of rotatable bonds is 4. The highest BCUT2D eigenvalue weighted by atomic mass is 32.2. The highest BCUT2D eigenvalue weighted by molar-refractivity contribution is 7.88. The summed E-state index contributed by atoms with van der Waals surface area (Å²) < 4.78 is 30.8. The molecule has 3 rings (SSSR count). The maximum absolute atomic E-state index is 12.7. The van der Waals surface area contributed by atoms with Gasteiger partial charge in [-0.15, -0.1) is 0 Å². The first-order chi connectivity index (χ1) is 11.4. The van der Waals surface area contributed by atoms with Crippen molar-refractivity contribution in [3.05, 3.63) is 30.1 Å². The fourth-order valence-corrected chi connectivity index (χ4v) is 4.81. The van der Waals surface area contributed by atoms with Crippen molar-refractivity contribution in [1.29, 1.82) is 0 Å². The molecule has 2 fully saturated rings. The van der Waals surface area contributed by atoms with Gasteiger partial charge in [-0.05, 0) is 24.5 Å². The molecule has 2 atom stereocenters. The first kappa shape index (κ1) is 17.3. The molecule has 3 heterocycles. The molecule has 1 aromatic rings. The molecular weight excluding hydrogens is 330 g/mol. The van der Waals surface area contributed by atoms with Crippen molar-refractivity contribution < 1.29 is 17.9 Å². The zero-order valence-corrected chi connectivity index (χ0v) is 14.8. The number of methoxy groups -OCH3 is 1. The number of carbonyl (C=O) groups excluding carboxylic acids is 1. The summed E-state index contributed by atoms with van der Waals surface area (Å²) in [5, 5.41) is 0. The third kappa shape index (κ3) is 3.18. The van der Waals surface area contributed by atoms with Gasteiger partial charge in [0, 0.05) is 56.7 Å². The minimum Gasteiger partial charge on any atom is -0.384 e. The predicted octanol–water partition coefficient (Wildman–Crippen LogP) is 0.452. The maximum atomic E-state index is 12.7. The molecule has 132 valence electrons. The van der Waals surface area contributed by atoms with E-state index in [0.29, 0.717) is 38.3 Å². The fourth-order valence-electron chi connectivity index (χ4n) is 3.87. The van der Waals surface area contributed by atoms with Gasteiger partial charge in [0.25, 0.3) is 5.91 Å². The average molecular weight is 353 g/mol. The number of likely N-dealkylation sites (tertiary alicyclic amines) is 1. The molecule has 2 saturated heterocycles. The van der Waals surface area contributed by atoms with Gasteiger partial charge in [0.15, 0.2) is 0 Å². The van der Waals surface area contributed by atoms with E-state index in [-0.39, 0.29) is 17.2 Å². The molecule has 0 unspecified atom stereocenters. The molecule has 2 aliphatic heterocycles. The highest BCUT2D eigenvalue weighted by Gasteiger charge is 2.52. The largest absolute Gasteiger partial charge is 0.384 e. The predicted molar refractivity (Wildman–Crippen MR) is 89.0 cm³/mol. The summed E-state index contributed by atoms with van der Waals surface area (Å²) in [6, 6.07) is 3.41. The van der Waals surface area contributed by atoms with Gasteiger partial charge in [0.2, 0.25) is 10.0 Å². The Balaban J connectivity index is 1.80. The van der Waals surface area contributed by atoms with Crippen LogP contribution in [0.4, 0.5) is 0 Å². The molecule has 0 aromatic carbocycles. The van der Waals surface area contributed by atoms with E-state index in [1.165, 1.54) is 10.6 Å². The number of hydrogen-bond donors (Lipinski definition) is 0. The summed E-state index contributed by atoms with van der Waals surface area (Å²) in [4.78, 5) is 18.4. The second kappa shape index (κ2) is 6.42. The van der Waals surface area contributed by atoms with Crippen molar-refractivity contribution in [2.24, 2.45) is 11.3 Å². The van der Waals surface area contributed by atoms with Gasteiger partial charge in [0.05, 0.1) is 12.9 Å². The molecule has 0 radical (unpaired) electrons. The molecule has 1 aromatic heterocycles. The summed E-state index contributed by atoms with van der Waals surface area (Å²) in [7, 11) is -1.60. The van der Waals surface area contributed by atoms with E-state index in [1.54, 1.807) is 31.6 Å². The molecule has 0 aliphatic carbocycles. The summed E-state index contributed by atoms with van der Waals surface area (Å²) in [6.07, 6.45) is 5.19. The van der Waals surface area contributed by atoms with E-state index in [2.05, 4.69) is 4.98 Å². The maximum Gasteiger partial charge on any atom is 0.253 e. The molecule has 0 spiro atoms. The number of piperidine rings is 1. The number of fused-ring (bicyclic) bond motifs is 1. The van der Waals surface area contributed by atoms with Crippen LogP contribution in [0.1, 0.15) is 16.8 Å². The quantitative estimate of drug-likeness (QED) is 0.785. The zero-order chi connectivity index (χ0) is 17.4. The van der Waals surface area contributed by atoms with Crippen molar-refractivity contribution in [3.8, 4) is 0 Å². The van der Waals surface area contributed by atoms with Crippen LogP contribution in [0.25, 0.3) is 0 Å². The molecule has 7 nitrogen and oxygen atoms in total. The number of ether oxygens (including phenoxy) is 1. The normalized spacial score (nSPS) is 27.9. The van der Waals surface area contributed by atoms with Gasteiger partial charge in [-0.25, -0.2) is 12.7 Å². The molecule has 0 bridgehead atoms. The van der Waals surface area contributed by atoms with Crippen molar-refractivity contribution >= 4 is 15.9 Å². The number of amides is 1. The van der Waals surface area contributed by atoms with Crippen molar-refractivity contribution in [3.63, 3.8) is 0 Å². The lowest BCUT2D eigenvalue weighted by Gasteiger charge is -2.43. The van der Waals surface area contributed by atoms with Gasteiger partial charge in [-0.3, -0.25) is 9.78 Å². The van der Waals surface area contributed by atoms with Crippen LogP contribution in [0.5, 0.6) is 0 Å². The second-order valence-corrected chi connectivity index (χ2v) is 8.77. The van der Waals surface area contributed by atoms with Crippen LogP contribution in [0.15, 0.2) is 24.5 Å². The second-order valence-electron chi connectivity index (χ2n) is 6.78. The summed E-state index contributed by atoms with van der Waals surface area (Å²) >= 11 is 0. The van der Waals surface area contributed by atoms with E-state index < -0.39 is 10.0 Å². The van der Waals surface area contributed by atoms with E-state index in [0.717, 1.165) is 6.42 Å². The summed E-state index contributed by atoms with van der Waals surface area (Å²) in [5.41, 5.74) is 0.412. The van der Waals surface area contributed by atoms with Gasteiger partial charge in [-0.1, -0.05) is 0 Å². The lowest BCUT2D eigenvalue weighted by molar-refractivity contribution is 0.00342. The van der Waals surface area contributed by atoms with Crippen LogP contribution < -0.4 is 0 Å². The Morgan fingerprint density at radius 3 is 2.71 bits per heavy atom. The smallest absolute Gasteiger partial charge is 0.253 e. The Hall–Kier alpha value is -1.51. The molecule has 1 amide bonds. The van der Waals surface area contributed by atoms with Gasteiger partial charge in [0.1, 0.15) is 0 Å². The Morgan fingerprint density at radius 2 is 2.08 bits per heavy atom. The zero-order valence-electron chi connectivity index (χ0n) is 14.0. The minimum atomic E-state index is -3.24. The van der Waals surface area contributed by atoms with Crippen LogP contribution in [-0.2, 0) is 14.8 Å². The van der Waals surface area contributed by atoms with Gasteiger partial charge in [-0.2, -0.15) is 0 Å². The van der Waals surface area contributed by atoms with Gasteiger partial charge < -0.3 is 9.64 Å². The molecule has 0 N–H and O–H groups in total. The summed E-state index contributed by atoms with van der Waals surface area (Å²) in [5.74, 6) is 0.0629. The van der Waals surface area contributed by atoms with Crippen LogP contribution in [0.2, 0.25) is 0 Å². The number of pyridine rings is 1. The Labute approximate surface area is 142 Å². The van der Waals surface area contributed by atoms with E-state index >= 15 is 0 Å². The van der Waals surface area contributed by atoms with Crippen LogP contribution in [0, 0.1) is 11.3 Å². The number of aromatic nitrogens is 1. The number of nitrogens with zero attached hydrogens (tertiary/aromatic N) is 3. The topological polar surface area (TPSA) is 79.8 Å². The SMILES string of the molecule is COC[C@@]12CCN(C(=O)c3ccncc3)C[C@@H]1CN(S(C)(=O)=O)C2. The number of sulfonamides is 1. The fraction of sp³-hybridized carbons (Fsp3) is 0.625. The van der Waals surface area contributed by atoms with Crippen molar-refractivity contribution in [1.82, 2.24) is 14.2 Å². The molecule has 2 aliphatic rings.